The van der Waals surface area contributed by atoms with Crippen molar-refractivity contribution in [2.24, 2.45) is 5.41 Å². The summed E-state index contributed by atoms with van der Waals surface area (Å²) in [6.07, 6.45) is 4.62. The van der Waals surface area contributed by atoms with Gasteiger partial charge in [-0.25, -0.2) is 9.78 Å². The maximum Gasteiger partial charge on any atom is 0.345 e. The molecule has 0 bridgehead atoms. The Morgan fingerprint density at radius 3 is 2.75 bits per heavy atom. The molecule has 0 amide bonds. The fraction of sp³-hybridized carbons (Fsp3) is 0.565. The van der Waals surface area contributed by atoms with E-state index in [4.69, 9.17) is 30.1 Å². The van der Waals surface area contributed by atoms with Crippen molar-refractivity contribution in [3.8, 4) is 12.3 Å². The van der Waals surface area contributed by atoms with E-state index in [0.29, 0.717) is 5.69 Å². The number of fused-ring (bicyclic) bond motifs is 1. The third kappa shape index (κ3) is 4.12. The molecule has 2 aliphatic heterocycles. The van der Waals surface area contributed by atoms with Gasteiger partial charge >= 0.3 is 5.97 Å². The van der Waals surface area contributed by atoms with E-state index < -0.39 is 41.3 Å². The van der Waals surface area contributed by atoms with Gasteiger partial charge in [0.1, 0.15) is 12.2 Å². The minimum absolute atomic E-state index is 0.0430. The van der Waals surface area contributed by atoms with Crippen molar-refractivity contribution in [3.63, 3.8) is 0 Å². The molecule has 172 valence electrons. The fourth-order valence-corrected chi connectivity index (χ4v) is 5.40. The number of esters is 1. The molecule has 7 nitrogen and oxygen atoms in total. The molecule has 4 rings (SSSR count). The fourth-order valence-electron chi connectivity index (χ4n) is 4.12. The number of hydrogen-bond donors (Lipinski definition) is 0. The van der Waals surface area contributed by atoms with Gasteiger partial charge in [0.25, 0.3) is 0 Å². The maximum atomic E-state index is 13.3. The highest BCUT2D eigenvalue weighted by Crippen LogP contribution is 2.48. The van der Waals surface area contributed by atoms with Crippen LogP contribution >= 0.6 is 22.7 Å². The second-order valence-electron chi connectivity index (χ2n) is 8.52. The lowest BCUT2D eigenvalue weighted by Gasteiger charge is -2.34. The van der Waals surface area contributed by atoms with Gasteiger partial charge in [0, 0.05) is 11.8 Å². The van der Waals surface area contributed by atoms with Gasteiger partial charge in [0.15, 0.2) is 12.1 Å². The Morgan fingerprint density at radius 1 is 1.31 bits per heavy atom. The van der Waals surface area contributed by atoms with Crippen LogP contribution in [0, 0.1) is 17.8 Å². The number of terminal acetylenes is 1. The molecular formula is C23H27NO6S2. The van der Waals surface area contributed by atoms with Crippen LogP contribution in [0.4, 0.5) is 0 Å². The van der Waals surface area contributed by atoms with Crippen LogP contribution in [0.15, 0.2) is 27.7 Å². The zero-order valence-electron chi connectivity index (χ0n) is 18.5. The molecule has 0 N–H and O–H groups in total. The Kier molecular flexibility index (Phi) is 6.47. The summed E-state index contributed by atoms with van der Waals surface area (Å²) in [5, 5.41) is 5.75. The zero-order valence-corrected chi connectivity index (χ0v) is 20.2. The minimum atomic E-state index is -1.42. The van der Waals surface area contributed by atoms with E-state index in [9.17, 15) is 4.79 Å². The van der Waals surface area contributed by atoms with Crippen molar-refractivity contribution in [1.82, 2.24) is 4.98 Å². The SMILES string of the molecule is C#C[C@@]1(C)[C@@H](COC(Cc2ccsc2)(C(=O)OCC)c2cscn2)O[C@@H]2OC(C)(C)O[C@@H]21. The normalized spacial score (nSPS) is 30.4. The van der Waals surface area contributed by atoms with E-state index in [1.54, 1.807) is 23.8 Å². The minimum Gasteiger partial charge on any atom is -0.464 e. The summed E-state index contributed by atoms with van der Waals surface area (Å²) in [4.78, 5) is 17.7. The molecule has 0 aliphatic carbocycles. The highest BCUT2D eigenvalue weighted by atomic mass is 32.1. The Morgan fingerprint density at radius 2 is 2.12 bits per heavy atom. The topological polar surface area (TPSA) is 76.1 Å². The number of ether oxygens (including phenoxy) is 5. The molecule has 0 saturated carbocycles. The van der Waals surface area contributed by atoms with Crippen LogP contribution in [-0.2, 0) is 40.5 Å². The summed E-state index contributed by atoms with van der Waals surface area (Å²) < 4.78 is 29.9. The van der Waals surface area contributed by atoms with E-state index in [-0.39, 0.29) is 19.6 Å². The summed E-state index contributed by atoms with van der Waals surface area (Å²) in [5.41, 5.74) is 0.902. The molecule has 5 atom stereocenters. The van der Waals surface area contributed by atoms with Crippen molar-refractivity contribution < 1.29 is 28.5 Å². The average Bonchev–Trinajstić information content (AvgIpc) is 3.53. The molecule has 0 radical (unpaired) electrons. The van der Waals surface area contributed by atoms with Gasteiger partial charge in [-0.1, -0.05) is 5.92 Å². The van der Waals surface area contributed by atoms with Gasteiger partial charge in [0.05, 0.1) is 29.8 Å². The van der Waals surface area contributed by atoms with Crippen LogP contribution in [-0.4, -0.2) is 48.5 Å². The number of carbonyl (C=O) groups is 1. The molecule has 1 unspecified atom stereocenters. The van der Waals surface area contributed by atoms with E-state index in [0.717, 1.165) is 5.56 Å². The third-order valence-corrected chi connectivity index (χ3v) is 7.21. The molecule has 2 aromatic heterocycles. The van der Waals surface area contributed by atoms with E-state index in [1.165, 1.54) is 11.3 Å². The largest absolute Gasteiger partial charge is 0.464 e. The summed E-state index contributed by atoms with van der Waals surface area (Å²) in [5.74, 6) is 1.55. The van der Waals surface area contributed by atoms with Crippen molar-refractivity contribution in [1.29, 1.82) is 0 Å². The molecular weight excluding hydrogens is 450 g/mol. The number of rotatable bonds is 8. The summed E-state index contributed by atoms with van der Waals surface area (Å²) >= 11 is 2.94. The van der Waals surface area contributed by atoms with Crippen molar-refractivity contribution in [2.45, 2.75) is 64.0 Å². The molecule has 2 fully saturated rings. The van der Waals surface area contributed by atoms with Gasteiger partial charge in [0.2, 0.25) is 5.60 Å². The van der Waals surface area contributed by atoms with Crippen molar-refractivity contribution in [2.75, 3.05) is 13.2 Å². The number of thiophene rings is 1. The quantitative estimate of drug-likeness (QED) is 0.423. The molecule has 9 heteroatoms. The van der Waals surface area contributed by atoms with Crippen LogP contribution in [0.1, 0.15) is 39.0 Å². The first kappa shape index (κ1) is 23.4. The van der Waals surface area contributed by atoms with E-state index in [1.807, 2.05) is 43.0 Å². The first-order chi connectivity index (χ1) is 15.2. The third-order valence-electron chi connectivity index (χ3n) is 5.89. The second kappa shape index (κ2) is 8.86. The van der Waals surface area contributed by atoms with Crippen LogP contribution in [0.3, 0.4) is 0 Å². The number of thiazole rings is 1. The van der Waals surface area contributed by atoms with Crippen LogP contribution in [0.25, 0.3) is 0 Å². The van der Waals surface area contributed by atoms with Crippen molar-refractivity contribution in [3.05, 3.63) is 39.0 Å². The predicted molar refractivity (Wildman–Crippen MR) is 120 cm³/mol. The zero-order chi connectivity index (χ0) is 23.0. The summed E-state index contributed by atoms with van der Waals surface area (Å²) in [6, 6.07) is 1.96. The number of hydrogen-bond acceptors (Lipinski definition) is 9. The smallest absolute Gasteiger partial charge is 0.345 e. The number of nitrogens with zero attached hydrogens (tertiary/aromatic N) is 1. The predicted octanol–water partition coefficient (Wildman–Crippen LogP) is 3.74. The standard InChI is InChI=1S/C23H27NO6S2/c1-6-22(5)17(28-19-18(22)29-21(3,4)30-19)11-27-23(20(25)26-7-2,16-13-32-14-24-16)10-15-8-9-31-12-15/h1,8-9,12-14,17-19H,7,10-11H2,2-5H3/t17-,18+,19-,22+,23?/m1/s1. The molecule has 4 heterocycles. The van der Waals surface area contributed by atoms with Gasteiger partial charge in [-0.05, 0) is 50.1 Å². The Balaban J connectivity index is 1.63. The number of aromatic nitrogens is 1. The summed E-state index contributed by atoms with van der Waals surface area (Å²) in [6.45, 7) is 7.57. The summed E-state index contributed by atoms with van der Waals surface area (Å²) in [7, 11) is 0. The lowest BCUT2D eigenvalue weighted by Crippen LogP contribution is -2.47. The lowest BCUT2D eigenvalue weighted by molar-refractivity contribution is -0.226. The monoisotopic (exact) mass is 477 g/mol. The average molecular weight is 478 g/mol. The van der Waals surface area contributed by atoms with Gasteiger partial charge < -0.3 is 23.7 Å². The molecule has 2 aromatic rings. The Labute approximate surface area is 196 Å². The Hall–Kier alpha value is -1.80. The number of carbonyl (C=O) groups excluding carboxylic acids is 1. The molecule has 0 spiro atoms. The highest BCUT2D eigenvalue weighted by molar-refractivity contribution is 7.08. The van der Waals surface area contributed by atoms with Crippen LogP contribution in [0.5, 0.6) is 0 Å². The van der Waals surface area contributed by atoms with Gasteiger partial charge in [-0.2, -0.15) is 11.3 Å². The lowest BCUT2D eigenvalue weighted by atomic mass is 9.81. The van der Waals surface area contributed by atoms with E-state index >= 15 is 0 Å². The first-order valence-corrected chi connectivity index (χ1v) is 12.3. The molecule has 2 aliphatic rings. The highest BCUT2D eigenvalue weighted by Gasteiger charge is 2.61. The second-order valence-corrected chi connectivity index (χ2v) is 10.0. The van der Waals surface area contributed by atoms with Crippen molar-refractivity contribution >= 4 is 28.6 Å². The molecule has 0 aromatic carbocycles. The Bertz CT molecular complexity index is 969. The maximum absolute atomic E-state index is 13.3. The molecule has 32 heavy (non-hydrogen) atoms. The van der Waals surface area contributed by atoms with Gasteiger partial charge in [-0.3, -0.25) is 0 Å². The van der Waals surface area contributed by atoms with Crippen LogP contribution in [0.2, 0.25) is 0 Å². The van der Waals surface area contributed by atoms with Crippen LogP contribution < -0.4 is 0 Å². The first-order valence-electron chi connectivity index (χ1n) is 10.4. The van der Waals surface area contributed by atoms with E-state index in [2.05, 4.69) is 10.9 Å². The van der Waals surface area contributed by atoms with Gasteiger partial charge in [-0.15, -0.1) is 17.8 Å². The molecule has 2 saturated heterocycles.